The second-order valence-electron chi connectivity index (χ2n) is 5.71. The van der Waals surface area contributed by atoms with Gasteiger partial charge in [0.15, 0.2) is 0 Å². The number of aromatic nitrogens is 2. The van der Waals surface area contributed by atoms with E-state index in [4.69, 9.17) is 4.74 Å². The van der Waals surface area contributed by atoms with Crippen LogP contribution in [0.1, 0.15) is 17.4 Å². The van der Waals surface area contributed by atoms with E-state index in [0.717, 1.165) is 5.56 Å². The summed E-state index contributed by atoms with van der Waals surface area (Å²) in [4.78, 5) is 30.2. The van der Waals surface area contributed by atoms with Crippen LogP contribution in [0, 0.1) is 0 Å². The Morgan fingerprint density at radius 2 is 2.24 bits per heavy atom. The zero-order valence-electron chi connectivity index (χ0n) is 14.1. The number of thioether (sulfide) groups is 1. The summed E-state index contributed by atoms with van der Waals surface area (Å²) in [7, 11) is 3.47. The van der Waals surface area contributed by atoms with Crippen molar-refractivity contribution in [2.75, 3.05) is 25.3 Å². The van der Waals surface area contributed by atoms with Gasteiger partial charge in [0, 0.05) is 25.0 Å². The summed E-state index contributed by atoms with van der Waals surface area (Å²) in [5, 5.41) is 2.99. The van der Waals surface area contributed by atoms with E-state index >= 15 is 0 Å². The van der Waals surface area contributed by atoms with Gasteiger partial charge in [0.25, 0.3) is 0 Å². The number of rotatable bonds is 6. The standard InChI is InChI=1S/C17H20N4O3S/c1-20-8-7-18-17(20)16(12-5-3-4-6-13(12)24-2)19-14(22)9-21-11-25-10-15(21)23/h3-8,16H,9-11H2,1-2H3,(H,19,22)/t16-/m0/s1. The monoisotopic (exact) mass is 360 g/mol. The Balaban J connectivity index is 1.86. The summed E-state index contributed by atoms with van der Waals surface area (Å²) in [5.41, 5.74) is 0.815. The second-order valence-corrected chi connectivity index (χ2v) is 6.66. The number of nitrogens with zero attached hydrogens (tertiary/aromatic N) is 3. The van der Waals surface area contributed by atoms with Gasteiger partial charge in [-0.05, 0) is 6.07 Å². The van der Waals surface area contributed by atoms with Gasteiger partial charge in [0.2, 0.25) is 11.8 Å². The number of hydrogen-bond donors (Lipinski definition) is 1. The number of ether oxygens (including phenoxy) is 1. The molecule has 2 amide bonds. The molecule has 0 radical (unpaired) electrons. The summed E-state index contributed by atoms with van der Waals surface area (Å²) < 4.78 is 7.30. The zero-order valence-corrected chi connectivity index (χ0v) is 15.0. The maximum atomic E-state index is 12.5. The molecule has 1 fully saturated rings. The van der Waals surface area contributed by atoms with E-state index in [0.29, 0.717) is 23.2 Å². The summed E-state index contributed by atoms with van der Waals surface area (Å²) in [5.74, 6) is 2.11. The Kier molecular flexibility index (Phi) is 5.28. The van der Waals surface area contributed by atoms with Gasteiger partial charge in [-0.1, -0.05) is 18.2 Å². The molecule has 3 rings (SSSR count). The predicted molar refractivity (Wildman–Crippen MR) is 95.2 cm³/mol. The van der Waals surface area contributed by atoms with Crippen LogP contribution in [0.5, 0.6) is 5.75 Å². The van der Waals surface area contributed by atoms with Crippen LogP contribution in [0.2, 0.25) is 0 Å². The van der Waals surface area contributed by atoms with Crippen LogP contribution in [0.4, 0.5) is 0 Å². The molecule has 8 heteroatoms. The van der Waals surface area contributed by atoms with Gasteiger partial charge in [-0.3, -0.25) is 9.59 Å². The van der Waals surface area contributed by atoms with Gasteiger partial charge in [0.05, 0.1) is 18.7 Å². The molecule has 1 aliphatic rings. The molecule has 1 aromatic heterocycles. The van der Waals surface area contributed by atoms with Crippen molar-refractivity contribution in [2.45, 2.75) is 6.04 Å². The fourth-order valence-electron chi connectivity index (χ4n) is 2.76. The van der Waals surface area contributed by atoms with Gasteiger partial charge < -0.3 is 19.5 Å². The van der Waals surface area contributed by atoms with E-state index < -0.39 is 6.04 Å². The molecule has 0 unspecified atom stereocenters. The van der Waals surface area contributed by atoms with Gasteiger partial charge in [-0.15, -0.1) is 11.8 Å². The first-order chi connectivity index (χ1) is 12.1. The predicted octanol–water partition coefficient (Wildman–Crippen LogP) is 1.17. The molecule has 2 heterocycles. The Hall–Kier alpha value is -2.48. The maximum Gasteiger partial charge on any atom is 0.240 e. The fourth-order valence-corrected chi connectivity index (χ4v) is 3.67. The molecule has 25 heavy (non-hydrogen) atoms. The van der Waals surface area contributed by atoms with Gasteiger partial charge >= 0.3 is 0 Å². The summed E-state index contributed by atoms with van der Waals surface area (Å²) in [6.07, 6.45) is 3.51. The number of amides is 2. The molecule has 0 bridgehead atoms. The number of carbonyl (C=O) groups excluding carboxylic acids is 2. The van der Waals surface area contributed by atoms with Crippen LogP contribution in [0.3, 0.4) is 0 Å². The molecule has 2 aromatic rings. The van der Waals surface area contributed by atoms with E-state index in [1.54, 1.807) is 18.2 Å². The maximum absolute atomic E-state index is 12.5. The molecule has 1 saturated heterocycles. The normalized spacial score (nSPS) is 15.3. The lowest BCUT2D eigenvalue weighted by Gasteiger charge is -2.22. The molecule has 1 aliphatic heterocycles. The topological polar surface area (TPSA) is 76.5 Å². The molecular weight excluding hydrogens is 340 g/mol. The average molecular weight is 360 g/mol. The van der Waals surface area contributed by atoms with Gasteiger partial charge in [0.1, 0.15) is 24.2 Å². The van der Waals surface area contributed by atoms with Crippen LogP contribution in [0.15, 0.2) is 36.7 Å². The third kappa shape index (κ3) is 3.79. The first-order valence-corrected chi connectivity index (χ1v) is 9.00. The van der Waals surface area contributed by atoms with Crippen LogP contribution in [-0.2, 0) is 16.6 Å². The van der Waals surface area contributed by atoms with Gasteiger partial charge in [-0.25, -0.2) is 4.98 Å². The van der Waals surface area contributed by atoms with Crippen molar-refractivity contribution in [3.05, 3.63) is 48.0 Å². The molecule has 0 spiro atoms. The fraction of sp³-hybridized carbons (Fsp3) is 0.353. The average Bonchev–Trinajstić information content (AvgIpc) is 3.21. The van der Waals surface area contributed by atoms with Crippen LogP contribution in [-0.4, -0.2) is 51.5 Å². The molecule has 0 aliphatic carbocycles. The minimum Gasteiger partial charge on any atom is -0.496 e. The number of para-hydroxylation sites is 1. The van der Waals surface area contributed by atoms with E-state index in [2.05, 4.69) is 10.3 Å². The molecule has 7 nitrogen and oxygen atoms in total. The summed E-state index contributed by atoms with van der Waals surface area (Å²) in [6.45, 7) is 0.0436. The van der Waals surface area contributed by atoms with E-state index in [-0.39, 0.29) is 18.4 Å². The third-order valence-corrected chi connectivity index (χ3v) is 4.98. The van der Waals surface area contributed by atoms with Crippen molar-refractivity contribution in [3.8, 4) is 5.75 Å². The highest BCUT2D eigenvalue weighted by atomic mass is 32.2. The number of hydrogen-bond acceptors (Lipinski definition) is 5. The Morgan fingerprint density at radius 1 is 1.44 bits per heavy atom. The van der Waals surface area contributed by atoms with Crippen LogP contribution >= 0.6 is 11.8 Å². The molecular formula is C17H20N4O3S. The first kappa shape index (κ1) is 17.3. The quantitative estimate of drug-likeness (QED) is 0.837. The first-order valence-electron chi connectivity index (χ1n) is 7.85. The van der Waals surface area contributed by atoms with Gasteiger partial charge in [-0.2, -0.15) is 0 Å². The lowest BCUT2D eigenvalue weighted by atomic mass is 10.0. The number of benzene rings is 1. The molecule has 1 aromatic carbocycles. The molecule has 132 valence electrons. The number of nitrogens with one attached hydrogen (secondary N) is 1. The minimum absolute atomic E-state index is 0.00835. The highest BCUT2D eigenvalue weighted by Gasteiger charge is 2.27. The second kappa shape index (κ2) is 7.60. The zero-order chi connectivity index (χ0) is 17.8. The van der Waals surface area contributed by atoms with Crippen molar-refractivity contribution in [1.82, 2.24) is 19.8 Å². The van der Waals surface area contributed by atoms with Crippen molar-refractivity contribution < 1.29 is 14.3 Å². The largest absolute Gasteiger partial charge is 0.496 e. The van der Waals surface area contributed by atoms with Crippen LogP contribution in [0.25, 0.3) is 0 Å². The minimum atomic E-state index is -0.464. The smallest absolute Gasteiger partial charge is 0.240 e. The Morgan fingerprint density at radius 3 is 2.88 bits per heavy atom. The van der Waals surface area contributed by atoms with Crippen molar-refractivity contribution in [3.63, 3.8) is 0 Å². The van der Waals surface area contributed by atoms with Crippen molar-refractivity contribution in [2.24, 2.45) is 7.05 Å². The highest BCUT2D eigenvalue weighted by Crippen LogP contribution is 2.29. The van der Waals surface area contributed by atoms with Crippen molar-refractivity contribution >= 4 is 23.6 Å². The number of aryl methyl sites for hydroxylation is 1. The lowest BCUT2D eigenvalue weighted by molar-refractivity contribution is -0.132. The highest BCUT2D eigenvalue weighted by molar-refractivity contribution is 8.00. The lowest BCUT2D eigenvalue weighted by Crippen LogP contribution is -2.40. The SMILES string of the molecule is COc1ccccc1[C@H](NC(=O)CN1CSCC1=O)c1nccn1C. The Bertz CT molecular complexity index is 777. The van der Waals surface area contributed by atoms with E-state index in [1.807, 2.05) is 42.1 Å². The number of methoxy groups -OCH3 is 1. The summed E-state index contributed by atoms with van der Waals surface area (Å²) >= 11 is 1.51. The number of carbonyl (C=O) groups is 2. The van der Waals surface area contributed by atoms with E-state index in [1.165, 1.54) is 11.8 Å². The molecule has 0 saturated carbocycles. The Labute approximate surface area is 150 Å². The van der Waals surface area contributed by atoms with Crippen LogP contribution < -0.4 is 10.1 Å². The van der Waals surface area contributed by atoms with E-state index in [9.17, 15) is 9.59 Å². The summed E-state index contributed by atoms with van der Waals surface area (Å²) in [6, 6.07) is 7.04. The molecule has 1 atom stereocenters. The van der Waals surface area contributed by atoms with Crippen molar-refractivity contribution in [1.29, 1.82) is 0 Å². The number of imidazole rings is 1. The third-order valence-electron chi connectivity index (χ3n) is 4.03. The molecule has 1 N–H and O–H groups in total.